The highest BCUT2D eigenvalue weighted by molar-refractivity contribution is 9.10. The molecule has 0 amide bonds. The molecule has 0 aromatic heterocycles. The molecule has 0 atom stereocenters. The lowest BCUT2D eigenvalue weighted by molar-refractivity contribution is 0.112. The Bertz CT molecular complexity index is 377. The van der Waals surface area contributed by atoms with Crippen molar-refractivity contribution in [2.75, 3.05) is 6.61 Å². The van der Waals surface area contributed by atoms with Gasteiger partial charge in [0.15, 0.2) is 17.8 Å². The smallest absolute Gasteiger partial charge is 0.168 e. The van der Waals surface area contributed by atoms with E-state index < -0.39 is 0 Å². The van der Waals surface area contributed by atoms with Gasteiger partial charge in [-0.3, -0.25) is 4.79 Å². The molecule has 1 rings (SSSR count). The summed E-state index contributed by atoms with van der Waals surface area (Å²) in [5, 5.41) is 9.74. The van der Waals surface area contributed by atoms with E-state index in [2.05, 4.69) is 22.9 Å². The Morgan fingerprint density at radius 1 is 1.35 bits per heavy atom. The number of ether oxygens (including phenoxy) is 1. The van der Waals surface area contributed by atoms with Crippen LogP contribution in [0.2, 0.25) is 0 Å². The molecule has 0 aliphatic rings. The number of carbonyl (C=O) groups excluding carboxylic acids is 1. The summed E-state index contributed by atoms with van der Waals surface area (Å²) in [5.74, 6) is 0.275. The lowest BCUT2D eigenvalue weighted by Gasteiger charge is -2.09. The monoisotopic (exact) mass is 300 g/mol. The number of hydrogen-bond acceptors (Lipinski definition) is 3. The summed E-state index contributed by atoms with van der Waals surface area (Å²) in [6.07, 6.45) is 5.05. The number of phenols is 1. The zero-order chi connectivity index (χ0) is 12.7. The van der Waals surface area contributed by atoms with Crippen molar-refractivity contribution in [2.24, 2.45) is 0 Å². The Morgan fingerprint density at radius 2 is 2.12 bits per heavy atom. The summed E-state index contributed by atoms with van der Waals surface area (Å²) in [5.41, 5.74) is 0.239. The van der Waals surface area contributed by atoms with Crippen LogP contribution in [0.3, 0.4) is 0 Å². The predicted molar refractivity (Wildman–Crippen MR) is 70.8 cm³/mol. The van der Waals surface area contributed by atoms with Crippen LogP contribution in [-0.2, 0) is 0 Å². The maximum Gasteiger partial charge on any atom is 0.168 e. The Labute approximate surface area is 110 Å². The van der Waals surface area contributed by atoms with E-state index >= 15 is 0 Å². The average Bonchev–Trinajstić information content (AvgIpc) is 2.32. The maximum absolute atomic E-state index is 10.7. The predicted octanol–water partition coefficient (Wildman–Crippen LogP) is 3.93. The largest absolute Gasteiger partial charge is 0.504 e. The van der Waals surface area contributed by atoms with Crippen LogP contribution in [0.1, 0.15) is 43.0 Å². The Hall–Kier alpha value is -1.03. The van der Waals surface area contributed by atoms with Crippen LogP contribution in [0, 0.1) is 0 Å². The maximum atomic E-state index is 10.7. The normalized spacial score (nSPS) is 10.2. The van der Waals surface area contributed by atoms with Gasteiger partial charge in [-0.15, -0.1) is 0 Å². The molecule has 0 unspecified atom stereocenters. The summed E-state index contributed by atoms with van der Waals surface area (Å²) in [4.78, 5) is 10.7. The van der Waals surface area contributed by atoms with E-state index in [1.807, 2.05) is 0 Å². The zero-order valence-corrected chi connectivity index (χ0v) is 11.5. The van der Waals surface area contributed by atoms with E-state index in [9.17, 15) is 9.90 Å². The van der Waals surface area contributed by atoms with Crippen molar-refractivity contribution in [3.63, 3.8) is 0 Å². The Morgan fingerprint density at radius 3 is 2.76 bits per heavy atom. The Balaban J connectivity index is 2.58. The molecule has 0 bridgehead atoms. The van der Waals surface area contributed by atoms with Crippen molar-refractivity contribution in [3.8, 4) is 11.5 Å². The zero-order valence-electron chi connectivity index (χ0n) is 9.91. The molecule has 1 aromatic carbocycles. The highest BCUT2D eigenvalue weighted by atomic mass is 79.9. The van der Waals surface area contributed by atoms with Gasteiger partial charge in [0.1, 0.15) is 0 Å². The molecule has 3 nitrogen and oxygen atoms in total. The van der Waals surface area contributed by atoms with Crippen LogP contribution in [0.4, 0.5) is 0 Å². The molecule has 1 aromatic rings. The minimum absolute atomic E-state index is 0.0845. The Kier molecular flexibility index (Phi) is 6.05. The third-order valence-electron chi connectivity index (χ3n) is 2.45. The van der Waals surface area contributed by atoms with E-state index in [-0.39, 0.29) is 11.3 Å². The van der Waals surface area contributed by atoms with Gasteiger partial charge >= 0.3 is 0 Å². The number of phenolic OH excluding ortho intramolecular Hbond substituents is 1. The molecule has 1 N–H and O–H groups in total. The molecular formula is C13H17BrO3. The topological polar surface area (TPSA) is 46.5 Å². The van der Waals surface area contributed by atoms with Gasteiger partial charge < -0.3 is 9.84 Å². The van der Waals surface area contributed by atoms with Gasteiger partial charge in [-0.1, -0.05) is 42.1 Å². The molecule has 0 saturated carbocycles. The van der Waals surface area contributed by atoms with Crippen LogP contribution in [0.15, 0.2) is 16.6 Å². The highest BCUT2D eigenvalue weighted by Gasteiger charge is 2.09. The second-order valence-electron chi connectivity index (χ2n) is 3.87. The van der Waals surface area contributed by atoms with Crippen molar-refractivity contribution in [2.45, 2.75) is 32.6 Å². The summed E-state index contributed by atoms with van der Waals surface area (Å²) >= 11 is 3.27. The van der Waals surface area contributed by atoms with Crippen LogP contribution in [-0.4, -0.2) is 18.0 Å². The molecule has 0 heterocycles. The first-order valence-electron chi connectivity index (χ1n) is 5.79. The van der Waals surface area contributed by atoms with Gasteiger partial charge in [-0.2, -0.15) is 0 Å². The van der Waals surface area contributed by atoms with Crippen LogP contribution in [0.25, 0.3) is 0 Å². The van der Waals surface area contributed by atoms with Crippen molar-refractivity contribution in [3.05, 3.63) is 22.2 Å². The molecule has 0 aliphatic heterocycles. The van der Waals surface area contributed by atoms with E-state index in [0.717, 1.165) is 17.3 Å². The number of carbonyl (C=O) groups is 1. The van der Waals surface area contributed by atoms with Crippen molar-refractivity contribution < 1.29 is 14.6 Å². The second kappa shape index (κ2) is 7.33. The molecule has 17 heavy (non-hydrogen) atoms. The van der Waals surface area contributed by atoms with E-state index in [1.165, 1.54) is 12.8 Å². The van der Waals surface area contributed by atoms with Gasteiger partial charge in [0.2, 0.25) is 0 Å². The van der Waals surface area contributed by atoms with E-state index in [1.54, 1.807) is 12.1 Å². The quantitative estimate of drug-likeness (QED) is 0.613. The molecule has 4 heteroatoms. The fourth-order valence-electron chi connectivity index (χ4n) is 1.51. The van der Waals surface area contributed by atoms with Gasteiger partial charge in [-0.05, 0) is 18.6 Å². The number of halogens is 1. The summed E-state index contributed by atoms with van der Waals surface area (Å²) in [6, 6.07) is 3.23. The lowest BCUT2D eigenvalue weighted by Crippen LogP contribution is -1.98. The fraction of sp³-hybridized carbons (Fsp3) is 0.462. The molecule has 94 valence electrons. The minimum atomic E-state index is -0.0845. The molecule has 0 radical (unpaired) electrons. The number of benzene rings is 1. The first-order valence-corrected chi connectivity index (χ1v) is 6.58. The number of aromatic hydroxyl groups is 1. The van der Waals surface area contributed by atoms with E-state index in [4.69, 9.17) is 4.74 Å². The summed E-state index contributed by atoms with van der Waals surface area (Å²) in [7, 11) is 0. The third-order valence-corrected chi connectivity index (χ3v) is 2.91. The molecule has 0 aliphatic carbocycles. The molecule has 0 fully saturated rings. The lowest BCUT2D eigenvalue weighted by atomic mass is 10.2. The summed E-state index contributed by atoms with van der Waals surface area (Å²) < 4.78 is 6.19. The SMILES string of the molecule is CCCCCCOc1cc(Br)cc(C=O)c1O. The van der Waals surface area contributed by atoms with Crippen LogP contribution < -0.4 is 4.74 Å². The first kappa shape index (κ1) is 14.0. The summed E-state index contributed by atoms with van der Waals surface area (Å²) in [6.45, 7) is 2.71. The molecular weight excluding hydrogens is 284 g/mol. The number of aldehydes is 1. The van der Waals surface area contributed by atoms with Crippen LogP contribution >= 0.6 is 15.9 Å². The van der Waals surface area contributed by atoms with Gasteiger partial charge in [0.25, 0.3) is 0 Å². The number of rotatable bonds is 7. The van der Waals surface area contributed by atoms with Crippen molar-refractivity contribution in [1.82, 2.24) is 0 Å². The first-order chi connectivity index (χ1) is 8.19. The fourth-order valence-corrected chi connectivity index (χ4v) is 1.96. The van der Waals surface area contributed by atoms with Crippen LogP contribution in [0.5, 0.6) is 11.5 Å². The second-order valence-corrected chi connectivity index (χ2v) is 4.78. The van der Waals surface area contributed by atoms with Gasteiger partial charge in [0.05, 0.1) is 12.2 Å². The molecule has 0 spiro atoms. The average molecular weight is 301 g/mol. The number of unbranched alkanes of at least 4 members (excludes halogenated alkanes) is 3. The highest BCUT2D eigenvalue weighted by Crippen LogP contribution is 2.32. The van der Waals surface area contributed by atoms with Gasteiger partial charge in [-0.25, -0.2) is 0 Å². The standard InChI is InChI=1S/C13H17BrO3/c1-2-3-4-5-6-17-12-8-11(14)7-10(9-15)13(12)16/h7-9,16H,2-6H2,1H3. The van der Waals surface area contributed by atoms with Crippen molar-refractivity contribution in [1.29, 1.82) is 0 Å². The van der Waals surface area contributed by atoms with E-state index in [0.29, 0.717) is 18.6 Å². The minimum Gasteiger partial charge on any atom is -0.504 e. The molecule has 0 saturated heterocycles. The third kappa shape index (κ3) is 4.38. The van der Waals surface area contributed by atoms with Crippen molar-refractivity contribution >= 4 is 22.2 Å². The van der Waals surface area contributed by atoms with Gasteiger partial charge in [0, 0.05) is 4.47 Å². The number of hydrogen-bond donors (Lipinski definition) is 1.